The van der Waals surface area contributed by atoms with Crippen molar-refractivity contribution in [2.75, 3.05) is 20.1 Å². The zero-order valence-corrected chi connectivity index (χ0v) is 15.4. The Kier molecular flexibility index (Phi) is 5.72. The summed E-state index contributed by atoms with van der Waals surface area (Å²) in [6, 6.07) is 8.60. The molecule has 2 rings (SSSR count). The topological polar surface area (TPSA) is 23.6 Å². The molecular formula is C20H32N2O. The number of carbonyl (C=O) groups excluding carboxylic acids is 1. The number of benzene rings is 1. The van der Waals surface area contributed by atoms with E-state index in [1.807, 2.05) is 16.8 Å². The number of hydrogen-bond donors (Lipinski definition) is 0. The van der Waals surface area contributed by atoms with Gasteiger partial charge in [0.2, 0.25) is 0 Å². The first-order chi connectivity index (χ1) is 10.7. The fourth-order valence-electron chi connectivity index (χ4n) is 3.55. The van der Waals surface area contributed by atoms with Crippen LogP contribution in [0, 0.1) is 18.3 Å². The first-order valence-corrected chi connectivity index (χ1v) is 8.80. The molecule has 1 unspecified atom stereocenters. The van der Waals surface area contributed by atoms with E-state index in [4.69, 9.17) is 0 Å². The zero-order valence-electron chi connectivity index (χ0n) is 15.4. The molecule has 0 aromatic heterocycles. The van der Waals surface area contributed by atoms with Crippen molar-refractivity contribution in [3.63, 3.8) is 0 Å². The van der Waals surface area contributed by atoms with Crippen LogP contribution in [-0.4, -0.2) is 36.0 Å². The average Bonchev–Trinajstić information content (AvgIpc) is 2.47. The third-order valence-corrected chi connectivity index (χ3v) is 4.56. The van der Waals surface area contributed by atoms with Gasteiger partial charge in [0, 0.05) is 26.7 Å². The van der Waals surface area contributed by atoms with Gasteiger partial charge in [0.25, 0.3) is 0 Å². The van der Waals surface area contributed by atoms with Crippen molar-refractivity contribution in [1.82, 2.24) is 9.80 Å². The van der Waals surface area contributed by atoms with Crippen LogP contribution < -0.4 is 0 Å². The Balaban J connectivity index is 1.92. The lowest BCUT2D eigenvalue weighted by molar-refractivity contribution is 0.121. The summed E-state index contributed by atoms with van der Waals surface area (Å²) in [5.74, 6) is 0.639. The van der Waals surface area contributed by atoms with Crippen LogP contribution >= 0.6 is 0 Å². The lowest BCUT2D eigenvalue weighted by Crippen LogP contribution is -2.46. The van der Waals surface area contributed by atoms with E-state index in [0.717, 1.165) is 19.5 Å². The molecule has 0 N–H and O–H groups in total. The molecule has 1 saturated heterocycles. The van der Waals surface area contributed by atoms with E-state index < -0.39 is 0 Å². The number of nitrogens with zero attached hydrogens (tertiary/aromatic N) is 2. The van der Waals surface area contributed by atoms with E-state index in [9.17, 15) is 4.79 Å². The Morgan fingerprint density at radius 2 is 1.91 bits per heavy atom. The van der Waals surface area contributed by atoms with Gasteiger partial charge in [-0.05, 0) is 43.1 Å². The number of aryl methyl sites for hydroxylation is 1. The largest absolute Gasteiger partial charge is 0.324 e. The van der Waals surface area contributed by atoms with Crippen molar-refractivity contribution >= 4 is 6.03 Å². The summed E-state index contributed by atoms with van der Waals surface area (Å²) in [5, 5.41) is 0. The Morgan fingerprint density at radius 1 is 1.26 bits per heavy atom. The van der Waals surface area contributed by atoms with E-state index in [-0.39, 0.29) is 6.03 Å². The quantitative estimate of drug-likeness (QED) is 0.793. The van der Waals surface area contributed by atoms with Crippen LogP contribution in [0.15, 0.2) is 24.3 Å². The second-order valence-corrected chi connectivity index (χ2v) is 8.34. The summed E-state index contributed by atoms with van der Waals surface area (Å²) in [6.07, 6.45) is 3.58. The molecule has 1 heterocycles. The smallest absolute Gasteiger partial charge is 0.320 e. The SMILES string of the molecule is Cc1ccc(CN(C)C(=O)N2CCCC(CC(C)(C)C)C2)cc1. The molecule has 0 spiro atoms. The average molecular weight is 316 g/mol. The minimum atomic E-state index is 0.171. The summed E-state index contributed by atoms with van der Waals surface area (Å²) >= 11 is 0. The van der Waals surface area contributed by atoms with Crippen LogP contribution in [0.1, 0.15) is 51.2 Å². The highest BCUT2D eigenvalue weighted by Crippen LogP contribution is 2.30. The normalized spacial score (nSPS) is 18.8. The van der Waals surface area contributed by atoms with Crippen LogP contribution in [0.2, 0.25) is 0 Å². The second-order valence-electron chi connectivity index (χ2n) is 8.34. The molecule has 1 aliphatic rings. The molecule has 2 amide bonds. The Bertz CT molecular complexity index is 515. The first-order valence-electron chi connectivity index (χ1n) is 8.80. The van der Waals surface area contributed by atoms with Crippen LogP contribution in [0.4, 0.5) is 4.79 Å². The van der Waals surface area contributed by atoms with E-state index in [0.29, 0.717) is 17.9 Å². The number of amides is 2. The van der Waals surface area contributed by atoms with Gasteiger partial charge < -0.3 is 9.80 Å². The molecule has 1 aromatic carbocycles. The van der Waals surface area contributed by atoms with Gasteiger partial charge in [-0.1, -0.05) is 50.6 Å². The summed E-state index contributed by atoms with van der Waals surface area (Å²) in [6.45, 7) is 11.4. The number of piperidine rings is 1. The Labute approximate surface area is 141 Å². The van der Waals surface area contributed by atoms with E-state index in [1.54, 1.807) is 0 Å². The third kappa shape index (κ3) is 5.56. The van der Waals surface area contributed by atoms with Gasteiger partial charge in [0.15, 0.2) is 0 Å². The molecule has 128 valence electrons. The highest BCUT2D eigenvalue weighted by molar-refractivity contribution is 5.74. The van der Waals surface area contributed by atoms with Crippen LogP contribution in [-0.2, 0) is 6.54 Å². The molecule has 0 saturated carbocycles. The third-order valence-electron chi connectivity index (χ3n) is 4.56. The highest BCUT2D eigenvalue weighted by atomic mass is 16.2. The monoisotopic (exact) mass is 316 g/mol. The van der Waals surface area contributed by atoms with Crippen molar-refractivity contribution in [1.29, 1.82) is 0 Å². The van der Waals surface area contributed by atoms with Crippen molar-refractivity contribution in [2.45, 2.75) is 53.5 Å². The highest BCUT2D eigenvalue weighted by Gasteiger charge is 2.28. The van der Waals surface area contributed by atoms with Crippen molar-refractivity contribution in [3.8, 4) is 0 Å². The molecule has 1 aliphatic heterocycles. The van der Waals surface area contributed by atoms with Gasteiger partial charge in [-0.2, -0.15) is 0 Å². The summed E-state index contributed by atoms with van der Waals surface area (Å²) in [5.41, 5.74) is 2.78. The number of carbonyl (C=O) groups is 1. The molecule has 1 fully saturated rings. The van der Waals surface area contributed by atoms with Gasteiger partial charge in [0.1, 0.15) is 0 Å². The summed E-state index contributed by atoms with van der Waals surface area (Å²) in [7, 11) is 1.91. The number of hydrogen-bond acceptors (Lipinski definition) is 1. The summed E-state index contributed by atoms with van der Waals surface area (Å²) < 4.78 is 0. The lowest BCUT2D eigenvalue weighted by Gasteiger charge is -2.37. The maximum Gasteiger partial charge on any atom is 0.320 e. The minimum absolute atomic E-state index is 0.171. The van der Waals surface area contributed by atoms with Gasteiger partial charge in [-0.25, -0.2) is 4.79 Å². The molecule has 23 heavy (non-hydrogen) atoms. The summed E-state index contributed by atoms with van der Waals surface area (Å²) in [4.78, 5) is 16.6. The standard InChI is InChI=1S/C20H32N2O/c1-16-8-10-17(11-9-16)14-21(5)19(23)22-12-6-7-18(15-22)13-20(2,3)4/h8-11,18H,6-7,12-15H2,1-5H3. The number of urea groups is 1. The van der Waals surface area contributed by atoms with Gasteiger partial charge in [0.05, 0.1) is 0 Å². The van der Waals surface area contributed by atoms with E-state index in [1.165, 1.54) is 24.0 Å². The van der Waals surface area contributed by atoms with Crippen LogP contribution in [0.25, 0.3) is 0 Å². The maximum absolute atomic E-state index is 12.7. The maximum atomic E-state index is 12.7. The minimum Gasteiger partial charge on any atom is -0.324 e. The number of rotatable bonds is 3. The fourth-order valence-corrected chi connectivity index (χ4v) is 3.55. The van der Waals surface area contributed by atoms with Crippen LogP contribution in [0.3, 0.4) is 0 Å². The van der Waals surface area contributed by atoms with Crippen molar-refractivity contribution < 1.29 is 4.79 Å². The van der Waals surface area contributed by atoms with E-state index >= 15 is 0 Å². The Hall–Kier alpha value is -1.51. The van der Waals surface area contributed by atoms with Crippen molar-refractivity contribution in [2.24, 2.45) is 11.3 Å². The predicted octanol–water partition coefficient (Wildman–Crippen LogP) is 4.70. The predicted molar refractivity (Wildman–Crippen MR) is 96.4 cm³/mol. The van der Waals surface area contributed by atoms with Gasteiger partial charge in [-0.15, -0.1) is 0 Å². The van der Waals surface area contributed by atoms with Crippen molar-refractivity contribution in [3.05, 3.63) is 35.4 Å². The first kappa shape index (κ1) is 17.8. The Morgan fingerprint density at radius 3 is 2.52 bits per heavy atom. The van der Waals surface area contributed by atoms with E-state index in [2.05, 4.69) is 52.0 Å². The molecule has 3 heteroatoms. The van der Waals surface area contributed by atoms with Crippen LogP contribution in [0.5, 0.6) is 0 Å². The molecular weight excluding hydrogens is 284 g/mol. The molecule has 1 aromatic rings. The fraction of sp³-hybridized carbons (Fsp3) is 0.650. The number of likely N-dealkylation sites (tertiary alicyclic amines) is 1. The zero-order chi connectivity index (χ0) is 17.0. The molecule has 0 radical (unpaired) electrons. The molecule has 0 bridgehead atoms. The lowest BCUT2D eigenvalue weighted by atomic mass is 9.81. The second kappa shape index (κ2) is 7.37. The van der Waals surface area contributed by atoms with Gasteiger partial charge in [-0.3, -0.25) is 0 Å². The molecule has 0 aliphatic carbocycles. The molecule has 1 atom stereocenters. The van der Waals surface area contributed by atoms with Gasteiger partial charge >= 0.3 is 6.03 Å². The molecule has 3 nitrogen and oxygen atoms in total.